The van der Waals surface area contributed by atoms with Crippen LogP contribution >= 0.6 is 0 Å². The molecular formula is C15H21N3O. The van der Waals surface area contributed by atoms with E-state index in [2.05, 4.69) is 10.3 Å². The average Bonchev–Trinajstić information content (AvgIpc) is 2.32. The smallest absolute Gasteiger partial charge is 0.0814 e. The lowest BCUT2D eigenvalue weighted by molar-refractivity contribution is 0.0241. The predicted octanol–water partition coefficient (Wildman–Crippen LogP) is 2.78. The fraction of sp³-hybridized carbons (Fsp3) is 0.400. The van der Waals surface area contributed by atoms with Gasteiger partial charge in [-0.25, -0.2) is 0 Å². The molecule has 1 heterocycles. The zero-order chi connectivity index (χ0) is 14.3. The molecule has 4 N–H and O–H groups in total. The van der Waals surface area contributed by atoms with Gasteiger partial charge in [0.1, 0.15) is 0 Å². The number of nitrogen functional groups attached to an aromatic ring is 1. The molecule has 19 heavy (non-hydrogen) atoms. The molecule has 102 valence electrons. The molecular weight excluding hydrogens is 238 g/mol. The Bertz CT molecular complexity index is 600. The highest BCUT2D eigenvalue weighted by atomic mass is 16.3. The normalized spacial score (nSPS) is 12.7. The third-order valence-electron chi connectivity index (χ3n) is 3.83. The van der Waals surface area contributed by atoms with Gasteiger partial charge >= 0.3 is 0 Å². The van der Waals surface area contributed by atoms with Crippen molar-refractivity contribution in [2.75, 3.05) is 11.1 Å². The van der Waals surface area contributed by atoms with E-state index in [1.807, 2.05) is 32.0 Å². The Labute approximate surface area is 113 Å². The van der Waals surface area contributed by atoms with E-state index in [0.29, 0.717) is 5.69 Å². The van der Waals surface area contributed by atoms with Crippen LogP contribution in [-0.2, 0) is 0 Å². The summed E-state index contributed by atoms with van der Waals surface area (Å²) in [5.41, 5.74) is 6.28. The van der Waals surface area contributed by atoms with Crippen molar-refractivity contribution in [3.8, 4) is 0 Å². The standard InChI is InChI=1S/C15H21N3O/c1-14(2,15(3,4)19)18-13-6-5-12(16)11-9-17-8-7-10(11)13/h5-9,18-19H,16H2,1-4H3. The number of benzene rings is 1. The van der Waals surface area contributed by atoms with Gasteiger partial charge in [-0.15, -0.1) is 0 Å². The van der Waals surface area contributed by atoms with E-state index in [4.69, 9.17) is 5.73 Å². The second kappa shape index (κ2) is 4.38. The first-order chi connectivity index (χ1) is 8.72. The monoisotopic (exact) mass is 259 g/mol. The van der Waals surface area contributed by atoms with Crippen molar-refractivity contribution in [2.24, 2.45) is 0 Å². The Kier molecular flexibility index (Phi) is 3.14. The maximum absolute atomic E-state index is 10.2. The van der Waals surface area contributed by atoms with Crippen molar-refractivity contribution in [3.63, 3.8) is 0 Å². The van der Waals surface area contributed by atoms with Crippen molar-refractivity contribution in [2.45, 2.75) is 38.8 Å². The number of aromatic nitrogens is 1. The number of pyridine rings is 1. The number of hydrogen-bond acceptors (Lipinski definition) is 4. The minimum absolute atomic E-state index is 0.473. The number of nitrogens with two attached hydrogens (primary N) is 1. The third-order valence-corrected chi connectivity index (χ3v) is 3.83. The molecule has 4 heteroatoms. The van der Waals surface area contributed by atoms with Crippen LogP contribution in [0.5, 0.6) is 0 Å². The fourth-order valence-electron chi connectivity index (χ4n) is 1.81. The summed E-state index contributed by atoms with van der Waals surface area (Å²) in [5.74, 6) is 0. The van der Waals surface area contributed by atoms with Crippen molar-refractivity contribution in [1.82, 2.24) is 4.98 Å². The number of nitrogens with zero attached hydrogens (tertiary/aromatic N) is 1. The molecule has 1 aromatic heterocycles. The quantitative estimate of drug-likeness (QED) is 0.741. The van der Waals surface area contributed by atoms with E-state index in [1.165, 1.54) is 0 Å². The summed E-state index contributed by atoms with van der Waals surface area (Å²) in [6.45, 7) is 7.52. The molecule has 0 spiro atoms. The molecule has 0 aliphatic heterocycles. The van der Waals surface area contributed by atoms with Crippen molar-refractivity contribution >= 4 is 22.1 Å². The maximum Gasteiger partial charge on any atom is 0.0814 e. The van der Waals surface area contributed by atoms with Gasteiger partial charge in [-0.05, 0) is 45.9 Å². The first-order valence-electron chi connectivity index (χ1n) is 6.35. The average molecular weight is 259 g/mol. The van der Waals surface area contributed by atoms with Crippen LogP contribution < -0.4 is 11.1 Å². The van der Waals surface area contributed by atoms with Gasteiger partial charge in [0.05, 0.1) is 11.1 Å². The van der Waals surface area contributed by atoms with Crippen LogP contribution in [0.3, 0.4) is 0 Å². The highest BCUT2D eigenvalue weighted by Gasteiger charge is 2.35. The van der Waals surface area contributed by atoms with Gasteiger partial charge in [0, 0.05) is 34.5 Å². The van der Waals surface area contributed by atoms with Gasteiger partial charge in [0.25, 0.3) is 0 Å². The van der Waals surface area contributed by atoms with Crippen LogP contribution in [0.25, 0.3) is 10.8 Å². The Morgan fingerprint density at radius 2 is 1.79 bits per heavy atom. The van der Waals surface area contributed by atoms with Crippen LogP contribution in [0.2, 0.25) is 0 Å². The molecule has 0 aliphatic carbocycles. The van der Waals surface area contributed by atoms with Gasteiger partial charge in [0.15, 0.2) is 0 Å². The lowest BCUT2D eigenvalue weighted by Crippen LogP contribution is -2.51. The highest BCUT2D eigenvalue weighted by molar-refractivity contribution is 6.00. The summed E-state index contributed by atoms with van der Waals surface area (Å²) >= 11 is 0. The highest BCUT2D eigenvalue weighted by Crippen LogP contribution is 2.32. The second-order valence-electron chi connectivity index (χ2n) is 5.93. The number of rotatable bonds is 3. The molecule has 4 nitrogen and oxygen atoms in total. The zero-order valence-corrected chi connectivity index (χ0v) is 11.9. The molecule has 0 saturated carbocycles. The number of anilines is 2. The molecule has 0 amide bonds. The van der Waals surface area contributed by atoms with Crippen LogP contribution in [-0.4, -0.2) is 21.2 Å². The van der Waals surface area contributed by atoms with E-state index in [1.54, 1.807) is 26.2 Å². The lowest BCUT2D eigenvalue weighted by Gasteiger charge is -2.39. The zero-order valence-electron chi connectivity index (χ0n) is 11.9. The minimum atomic E-state index is -0.853. The molecule has 0 unspecified atom stereocenters. The van der Waals surface area contributed by atoms with Gasteiger partial charge < -0.3 is 16.2 Å². The van der Waals surface area contributed by atoms with Crippen molar-refractivity contribution in [3.05, 3.63) is 30.6 Å². The first kappa shape index (κ1) is 13.6. The van der Waals surface area contributed by atoms with Crippen molar-refractivity contribution in [1.29, 1.82) is 0 Å². The molecule has 0 saturated heterocycles. The van der Waals surface area contributed by atoms with E-state index in [-0.39, 0.29) is 0 Å². The van der Waals surface area contributed by atoms with Crippen molar-refractivity contribution < 1.29 is 5.11 Å². The fourth-order valence-corrected chi connectivity index (χ4v) is 1.81. The van der Waals surface area contributed by atoms with Gasteiger partial charge in [-0.3, -0.25) is 4.98 Å². The molecule has 0 bridgehead atoms. The molecule has 2 rings (SSSR count). The molecule has 1 aromatic carbocycles. The summed E-state index contributed by atoms with van der Waals surface area (Å²) in [5, 5.41) is 15.6. The number of aliphatic hydroxyl groups is 1. The Hall–Kier alpha value is -1.81. The van der Waals surface area contributed by atoms with Crippen LogP contribution in [0.4, 0.5) is 11.4 Å². The number of nitrogens with one attached hydrogen (secondary N) is 1. The van der Waals surface area contributed by atoms with Crippen LogP contribution in [0.1, 0.15) is 27.7 Å². The lowest BCUT2D eigenvalue weighted by atomic mass is 9.85. The summed E-state index contributed by atoms with van der Waals surface area (Å²) in [6.07, 6.45) is 3.50. The summed E-state index contributed by atoms with van der Waals surface area (Å²) < 4.78 is 0. The molecule has 0 atom stereocenters. The topological polar surface area (TPSA) is 71.2 Å². The molecule has 2 aromatic rings. The van der Waals surface area contributed by atoms with E-state index in [9.17, 15) is 5.11 Å². The predicted molar refractivity (Wildman–Crippen MR) is 80.2 cm³/mol. The Balaban J connectivity index is 2.51. The number of fused-ring (bicyclic) bond motifs is 1. The van der Waals surface area contributed by atoms with Gasteiger partial charge in [0.2, 0.25) is 0 Å². The summed E-state index contributed by atoms with van der Waals surface area (Å²) in [6, 6.07) is 5.71. The molecule has 0 aliphatic rings. The summed E-state index contributed by atoms with van der Waals surface area (Å²) in [7, 11) is 0. The Morgan fingerprint density at radius 1 is 1.11 bits per heavy atom. The Morgan fingerprint density at radius 3 is 2.42 bits per heavy atom. The second-order valence-corrected chi connectivity index (χ2v) is 5.93. The van der Waals surface area contributed by atoms with E-state index >= 15 is 0 Å². The minimum Gasteiger partial charge on any atom is -0.398 e. The first-order valence-corrected chi connectivity index (χ1v) is 6.35. The molecule has 0 fully saturated rings. The van der Waals surface area contributed by atoms with Gasteiger partial charge in [-0.2, -0.15) is 0 Å². The van der Waals surface area contributed by atoms with E-state index in [0.717, 1.165) is 16.5 Å². The maximum atomic E-state index is 10.2. The van der Waals surface area contributed by atoms with Gasteiger partial charge in [-0.1, -0.05) is 0 Å². The third kappa shape index (κ3) is 2.49. The SMILES string of the molecule is CC(C)(O)C(C)(C)Nc1ccc(N)c2cnccc12. The molecule has 0 radical (unpaired) electrons. The largest absolute Gasteiger partial charge is 0.398 e. The number of hydrogen-bond donors (Lipinski definition) is 3. The van der Waals surface area contributed by atoms with E-state index < -0.39 is 11.1 Å². The van der Waals surface area contributed by atoms with Crippen LogP contribution in [0, 0.1) is 0 Å². The summed E-state index contributed by atoms with van der Waals surface area (Å²) in [4.78, 5) is 4.10. The van der Waals surface area contributed by atoms with Crippen LogP contribution in [0.15, 0.2) is 30.6 Å².